The van der Waals surface area contributed by atoms with Crippen molar-refractivity contribution in [1.29, 1.82) is 0 Å². The summed E-state index contributed by atoms with van der Waals surface area (Å²) in [6.07, 6.45) is 6.72. The third-order valence-electron chi connectivity index (χ3n) is 7.28. The first kappa shape index (κ1) is 26.4. The number of hydrogen-bond donors (Lipinski definition) is 1. The van der Waals surface area contributed by atoms with Gasteiger partial charge < -0.3 is 0 Å². The number of imidazole rings is 1. The molecule has 4 nitrogen and oxygen atoms in total. The fourth-order valence-electron chi connectivity index (χ4n) is 5.60. The summed E-state index contributed by atoms with van der Waals surface area (Å²) < 4.78 is 6.07. The number of rotatable bonds is 9. The van der Waals surface area contributed by atoms with Crippen molar-refractivity contribution in [2.24, 2.45) is 0 Å². The van der Waals surface area contributed by atoms with Crippen LogP contribution in [0.4, 0.5) is 0 Å². The topological polar surface area (TPSA) is 38.5 Å². The standard InChI is InChI=1S/C33H36N4.Pt/c1-24-20-25(2)32(26(3)21-24)31-22-37(29-16-10-6-11-17-29)23-36(31)19-13-7-12-18-30-33(27(4)34-35-30)28-14-8-5-9-15-28;/h5-6,8-11,14-17,20-22H,7,12-13,18-19H2,1-4H3,(H,34,35);. The number of benzene rings is 3. The van der Waals surface area contributed by atoms with E-state index < -0.39 is 0 Å². The van der Waals surface area contributed by atoms with Gasteiger partial charge in [0.15, 0.2) is 0 Å². The van der Waals surface area contributed by atoms with Crippen LogP contribution in [-0.4, -0.2) is 19.3 Å². The Hall–Kier alpha value is -3.23. The van der Waals surface area contributed by atoms with Gasteiger partial charge >= 0.3 is 231 Å². The Morgan fingerprint density at radius 2 is 1.45 bits per heavy atom. The molecular weight excluding hydrogens is 647 g/mol. The molecule has 5 rings (SSSR count). The predicted molar refractivity (Wildman–Crippen MR) is 153 cm³/mol. The Bertz CT molecular complexity index is 1570. The van der Waals surface area contributed by atoms with E-state index in [-0.39, 0.29) is 0 Å². The summed E-state index contributed by atoms with van der Waals surface area (Å²) >= 11 is 2.50. The van der Waals surface area contributed by atoms with Crippen LogP contribution in [0.3, 0.4) is 0 Å². The summed E-state index contributed by atoms with van der Waals surface area (Å²) in [5.74, 6) is 0. The Morgan fingerprint density at radius 1 is 0.789 bits per heavy atom. The Morgan fingerprint density at radius 3 is 2.13 bits per heavy atom. The van der Waals surface area contributed by atoms with E-state index in [4.69, 9.17) is 0 Å². The van der Waals surface area contributed by atoms with E-state index in [1.165, 1.54) is 54.3 Å². The Balaban J connectivity index is 1.36. The van der Waals surface area contributed by atoms with Crippen LogP contribution in [0, 0.1) is 31.5 Å². The van der Waals surface area contributed by atoms with Gasteiger partial charge in [-0.15, -0.1) is 0 Å². The third kappa shape index (κ3) is 5.47. The molecular formula is C33H36N4Pt. The van der Waals surface area contributed by atoms with E-state index in [0.717, 1.165) is 37.9 Å². The van der Waals surface area contributed by atoms with Gasteiger partial charge in [-0.2, -0.15) is 0 Å². The molecule has 1 N–H and O–H groups in total. The number of aromatic amines is 1. The van der Waals surface area contributed by atoms with Crippen molar-refractivity contribution < 1.29 is 19.4 Å². The van der Waals surface area contributed by atoms with Crippen LogP contribution in [0.1, 0.15) is 47.3 Å². The molecule has 0 bridgehead atoms. The molecule has 198 valence electrons. The number of aromatic nitrogens is 4. The molecule has 38 heavy (non-hydrogen) atoms. The van der Waals surface area contributed by atoms with Crippen molar-refractivity contribution in [2.75, 3.05) is 0 Å². The summed E-state index contributed by atoms with van der Waals surface area (Å²) in [6, 6.07) is 25.9. The van der Waals surface area contributed by atoms with Gasteiger partial charge in [0.2, 0.25) is 0 Å². The van der Waals surface area contributed by atoms with Crippen LogP contribution in [0.15, 0.2) is 79.0 Å². The molecule has 0 fully saturated rings. The van der Waals surface area contributed by atoms with Gasteiger partial charge in [0.05, 0.1) is 0 Å². The molecule has 0 aliphatic carbocycles. The monoisotopic (exact) mass is 683 g/mol. The van der Waals surface area contributed by atoms with E-state index in [1.807, 2.05) is 0 Å². The second kappa shape index (κ2) is 11.7. The quantitative estimate of drug-likeness (QED) is 0.157. The molecule has 0 amide bonds. The fourth-order valence-corrected chi connectivity index (χ4v) is 6.57. The van der Waals surface area contributed by atoms with E-state index >= 15 is 0 Å². The van der Waals surface area contributed by atoms with Gasteiger partial charge in [-0.25, -0.2) is 0 Å². The van der Waals surface area contributed by atoms with Crippen LogP contribution < -0.4 is 0 Å². The van der Waals surface area contributed by atoms with Crippen molar-refractivity contribution in [2.45, 2.75) is 59.9 Å². The summed E-state index contributed by atoms with van der Waals surface area (Å²) in [4.78, 5) is 0. The number of hydrogen-bond acceptors (Lipinski definition) is 1. The Kier molecular flexibility index (Phi) is 8.09. The predicted octanol–water partition coefficient (Wildman–Crippen LogP) is 8.06. The number of unbranched alkanes of at least 4 members (excludes halogenated alkanes) is 2. The Labute approximate surface area is 236 Å². The molecule has 0 saturated carbocycles. The summed E-state index contributed by atoms with van der Waals surface area (Å²) in [5, 5.41) is 7.86. The van der Waals surface area contributed by atoms with Crippen LogP contribution >= 0.6 is 0 Å². The summed E-state index contributed by atoms with van der Waals surface area (Å²) in [7, 11) is 0. The first-order valence-corrected chi connectivity index (χ1v) is 14.6. The zero-order valence-corrected chi connectivity index (χ0v) is 25.0. The number of H-pyrrole nitrogens is 1. The number of nitrogens with zero attached hydrogens (tertiary/aromatic N) is 3. The number of para-hydroxylation sites is 1. The van der Waals surface area contributed by atoms with Crippen molar-refractivity contribution in [1.82, 2.24) is 19.3 Å². The molecule has 2 heterocycles. The molecule has 0 saturated heterocycles. The van der Waals surface area contributed by atoms with Crippen molar-refractivity contribution in [3.63, 3.8) is 0 Å². The third-order valence-corrected chi connectivity index (χ3v) is 8.44. The molecule has 0 radical (unpaired) electrons. The minimum absolute atomic E-state index is 0.991. The molecule has 0 unspecified atom stereocenters. The van der Waals surface area contributed by atoms with E-state index in [0.29, 0.717) is 0 Å². The van der Waals surface area contributed by atoms with Gasteiger partial charge in [-0.3, -0.25) is 0 Å². The zero-order valence-electron chi connectivity index (χ0n) is 22.7. The van der Waals surface area contributed by atoms with Crippen molar-refractivity contribution in [3.8, 4) is 28.1 Å². The van der Waals surface area contributed by atoms with Gasteiger partial charge in [-0.1, -0.05) is 6.07 Å². The molecule has 0 aliphatic heterocycles. The average molecular weight is 684 g/mol. The second-order valence-electron chi connectivity index (χ2n) is 10.2. The molecule has 5 aromatic rings. The van der Waals surface area contributed by atoms with Crippen LogP contribution in [0.25, 0.3) is 28.1 Å². The second-order valence-corrected chi connectivity index (χ2v) is 11.2. The average Bonchev–Trinajstić information content (AvgIpc) is 3.43. The maximum absolute atomic E-state index is 4.64. The molecule has 3 aromatic carbocycles. The molecule has 0 aliphatic rings. The first-order chi connectivity index (χ1) is 18.4. The van der Waals surface area contributed by atoms with E-state index in [2.05, 4.69) is 145 Å². The van der Waals surface area contributed by atoms with Crippen LogP contribution in [0.5, 0.6) is 0 Å². The summed E-state index contributed by atoms with van der Waals surface area (Å²) in [5.41, 5.74) is 12.7. The van der Waals surface area contributed by atoms with Gasteiger partial charge in [0.25, 0.3) is 0 Å². The van der Waals surface area contributed by atoms with Crippen LogP contribution in [0.2, 0.25) is 0 Å². The first-order valence-electron chi connectivity index (χ1n) is 13.4. The molecule has 5 heteroatoms. The van der Waals surface area contributed by atoms with Gasteiger partial charge in [-0.05, 0) is 0 Å². The van der Waals surface area contributed by atoms with E-state index in [9.17, 15) is 0 Å². The fraction of sp³-hybridized carbons (Fsp3) is 0.273. The molecule has 0 spiro atoms. The zero-order chi connectivity index (χ0) is 26.6. The molecule has 2 aromatic heterocycles. The van der Waals surface area contributed by atoms with Gasteiger partial charge in [0.1, 0.15) is 0 Å². The number of aryl methyl sites for hydroxylation is 5. The van der Waals surface area contributed by atoms with E-state index in [1.54, 1.807) is 0 Å². The van der Waals surface area contributed by atoms with Crippen LogP contribution in [-0.2, 0) is 32.3 Å². The minimum atomic E-state index is 0.991. The SMILES string of the molecule is Cc1cc(C)c(-c2cn(-c3ccccc3)[c](=[Pt])n2CCCCCc2n[nH]c(C)c2-c2ccccc2)c(C)c1. The summed E-state index contributed by atoms with van der Waals surface area (Å²) in [6.45, 7) is 9.77. The molecule has 0 atom stereocenters. The van der Waals surface area contributed by atoms with Crippen molar-refractivity contribution in [3.05, 3.63) is 111 Å². The maximum atomic E-state index is 4.64. The van der Waals surface area contributed by atoms with Gasteiger partial charge in [0, 0.05) is 0 Å². The van der Waals surface area contributed by atoms with Crippen molar-refractivity contribution >= 4 is 0 Å². The normalized spacial score (nSPS) is 11.3. The number of nitrogens with one attached hydrogen (secondary N) is 1.